The Morgan fingerprint density at radius 1 is 1.45 bits per heavy atom. The zero-order chi connectivity index (χ0) is 14.9. The van der Waals surface area contributed by atoms with Crippen LogP contribution in [0.2, 0.25) is 5.02 Å². The lowest BCUT2D eigenvalue weighted by molar-refractivity contribution is -0.139. The molecule has 1 heterocycles. The summed E-state index contributed by atoms with van der Waals surface area (Å²) < 4.78 is 4.65. The third-order valence-electron chi connectivity index (χ3n) is 3.59. The smallest absolute Gasteiger partial charge is 0.310 e. The van der Waals surface area contributed by atoms with Gasteiger partial charge < -0.3 is 15.4 Å². The Labute approximate surface area is 122 Å². The van der Waals surface area contributed by atoms with Crippen LogP contribution in [0.15, 0.2) is 12.1 Å². The number of carbonyl (C=O) groups is 2. The Balaban J connectivity index is 2.19. The fourth-order valence-electron chi connectivity index (χ4n) is 2.28. The Morgan fingerprint density at radius 2 is 2.10 bits per heavy atom. The Morgan fingerprint density at radius 3 is 2.65 bits per heavy atom. The summed E-state index contributed by atoms with van der Waals surface area (Å²) in [5, 5.41) is 0.573. The highest BCUT2D eigenvalue weighted by Crippen LogP contribution is 2.35. The Hall–Kier alpha value is -1.75. The van der Waals surface area contributed by atoms with Gasteiger partial charge in [0.15, 0.2) is 0 Å². The molecule has 1 amide bonds. The second-order valence-electron chi connectivity index (χ2n) is 4.95. The summed E-state index contributed by atoms with van der Waals surface area (Å²) in [7, 11) is 1.34. The number of nitrogen functional groups attached to an aromatic ring is 1. The zero-order valence-corrected chi connectivity index (χ0v) is 12.2. The van der Waals surface area contributed by atoms with E-state index < -0.39 is 0 Å². The van der Waals surface area contributed by atoms with E-state index in [-0.39, 0.29) is 24.2 Å². The first kappa shape index (κ1) is 14.7. The SMILES string of the molecule is COC(=O)Cc1cc(C2CN(C(C)=O)C2)c(Cl)cc1N. The van der Waals surface area contributed by atoms with E-state index in [1.807, 2.05) is 6.07 Å². The van der Waals surface area contributed by atoms with Crippen molar-refractivity contribution in [3.8, 4) is 0 Å². The van der Waals surface area contributed by atoms with Crippen molar-refractivity contribution in [2.45, 2.75) is 19.3 Å². The number of methoxy groups -OCH3 is 1. The molecule has 0 spiro atoms. The van der Waals surface area contributed by atoms with Crippen molar-refractivity contribution in [2.75, 3.05) is 25.9 Å². The van der Waals surface area contributed by atoms with Gasteiger partial charge in [-0.1, -0.05) is 17.7 Å². The van der Waals surface area contributed by atoms with Gasteiger partial charge >= 0.3 is 5.97 Å². The molecule has 20 heavy (non-hydrogen) atoms. The van der Waals surface area contributed by atoms with E-state index in [9.17, 15) is 9.59 Å². The fourth-order valence-corrected chi connectivity index (χ4v) is 2.60. The van der Waals surface area contributed by atoms with Crippen molar-refractivity contribution in [2.24, 2.45) is 0 Å². The number of nitrogens with two attached hydrogens (primary N) is 1. The molecule has 0 atom stereocenters. The van der Waals surface area contributed by atoms with Gasteiger partial charge in [-0.05, 0) is 17.2 Å². The summed E-state index contributed by atoms with van der Waals surface area (Å²) in [6.07, 6.45) is 0.121. The van der Waals surface area contributed by atoms with E-state index in [1.165, 1.54) is 7.11 Å². The second kappa shape index (κ2) is 5.71. The van der Waals surface area contributed by atoms with Crippen LogP contribution in [-0.2, 0) is 20.7 Å². The van der Waals surface area contributed by atoms with Gasteiger partial charge in [0.2, 0.25) is 5.91 Å². The normalized spacial score (nSPS) is 14.8. The van der Waals surface area contributed by atoms with E-state index in [0.717, 1.165) is 5.56 Å². The molecule has 1 saturated heterocycles. The van der Waals surface area contributed by atoms with Crippen molar-refractivity contribution in [3.63, 3.8) is 0 Å². The van der Waals surface area contributed by atoms with Gasteiger partial charge in [0.1, 0.15) is 0 Å². The molecule has 0 saturated carbocycles. The largest absolute Gasteiger partial charge is 0.469 e. The molecule has 1 aromatic rings. The van der Waals surface area contributed by atoms with E-state index in [2.05, 4.69) is 4.74 Å². The third kappa shape index (κ3) is 2.88. The highest BCUT2D eigenvalue weighted by atomic mass is 35.5. The molecule has 2 N–H and O–H groups in total. The number of halogens is 1. The van der Waals surface area contributed by atoms with E-state index in [4.69, 9.17) is 17.3 Å². The Bertz CT molecular complexity index is 554. The summed E-state index contributed by atoms with van der Waals surface area (Å²) in [5.41, 5.74) is 7.98. The number of likely N-dealkylation sites (tertiary alicyclic amines) is 1. The van der Waals surface area contributed by atoms with Gasteiger partial charge in [-0.15, -0.1) is 0 Å². The minimum Gasteiger partial charge on any atom is -0.469 e. The quantitative estimate of drug-likeness (QED) is 0.679. The van der Waals surface area contributed by atoms with Crippen LogP contribution in [0.5, 0.6) is 0 Å². The predicted molar refractivity (Wildman–Crippen MR) is 76.6 cm³/mol. The number of benzene rings is 1. The minimum absolute atomic E-state index is 0.0580. The van der Waals surface area contributed by atoms with Gasteiger partial charge in [-0.25, -0.2) is 0 Å². The van der Waals surface area contributed by atoms with Gasteiger partial charge in [0.25, 0.3) is 0 Å². The number of hydrogen-bond donors (Lipinski definition) is 1. The first-order valence-corrected chi connectivity index (χ1v) is 6.70. The average Bonchev–Trinajstić information content (AvgIpc) is 2.32. The van der Waals surface area contributed by atoms with Crippen LogP contribution in [-0.4, -0.2) is 37.0 Å². The number of hydrogen-bond acceptors (Lipinski definition) is 4. The molecule has 6 heteroatoms. The van der Waals surface area contributed by atoms with Crippen molar-refractivity contribution in [3.05, 3.63) is 28.3 Å². The number of rotatable bonds is 3. The summed E-state index contributed by atoms with van der Waals surface area (Å²) in [4.78, 5) is 24.3. The van der Waals surface area contributed by atoms with Crippen LogP contribution in [0.4, 0.5) is 5.69 Å². The molecule has 0 aliphatic carbocycles. The lowest BCUT2D eigenvalue weighted by Crippen LogP contribution is -2.47. The standard InChI is InChI=1S/C14H17ClN2O3/c1-8(18)17-6-10(7-17)11-3-9(4-14(19)20-2)13(16)5-12(11)15/h3,5,10H,4,6-7,16H2,1-2H3. The van der Waals surface area contributed by atoms with Crippen molar-refractivity contribution in [1.82, 2.24) is 4.90 Å². The van der Waals surface area contributed by atoms with Gasteiger partial charge in [-0.3, -0.25) is 9.59 Å². The molecule has 0 radical (unpaired) electrons. The van der Waals surface area contributed by atoms with Crippen LogP contribution >= 0.6 is 11.6 Å². The molecule has 0 aromatic heterocycles. The number of anilines is 1. The summed E-state index contributed by atoms with van der Waals surface area (Å²) >= 11 is 6.21. The first-order chi connectivity index (χ1) is 9.42. The zero-order valence-electron chi connectivity index (χ0n) is 11.5. The van der Waals surface area contributed by atoms with Crippen LogP contribution in [0.1, 0.15) is 24.0 Å². The van der Waals surface area contributed by atoms with Crippen molar-refractivity contribution >= 4 is 29.2 Å². The number of ether oxygens (including phenoxy) is 1. The molecule has 2 rings (SSSR count). The molecule has 0 unspecified atom stereocenters. The number of esters is 1. The predicted octanol–water partition coefficient (Wildman–Crippen LogP) is 1.58. The van der Waals surface area contributed by atoms with Crippen LogP contribution < -0.4 is 5.73 Å². The maximum Gasteiger partial charge on any atom is 0.310 e. The minimum atomic E-state index is -0.344. The Kier molecular flexibility index (Phi) is 4.18. The van der Waals surface area contributed by atoms with Crippen molar-refractivity contribution in [1.29, 1.82) is 0 Å². The maximum absolute atomic E-state index is 11.4. The van der Waals surface area contributed by atoms with E-state index in [1.54, 1.807) is 17.9 Å². The molecule has 108 valence electrons. The number of carbonyl (C=O) groups excluding carboxylic acids is 2. The van der Waals surface area contributed by atoms with Crippen LogP contribution in [0.25, 0.3) is 0 Å². The van der Waals surface area contributed by atoms with Crippen molar-refractivity contribution < 1.29 is 14.3 Å². The average molecular weight is 297 g/mol. The molecule has 0 bridgehead atoms. The fraction of sp³-hybridized carbons (Fsp3) is 0.429. The van der Waals surface area contributed by atoms with Crippen LogP contribution in [0, 0.1) is 0 Å². The van der Waals surface area contributed by atoms with E-state index >= 15 is 0 Å². The third-order valence-corrected chi connectivity index (χ3v) is 3.92. The maximum atomic E-state index is 11.4. The van der Waals surface area contributed by atoms with Crippen LogP contribution in [0.3, 0.4) is 0 Å². The van der Waals surface area contributed by atoms with Gasteiger partial charge in [-0.2, -0.15) is 0 Å². The lowest BCUT2D eigenvalue weighted by atomic mass is 9.89. The van der Waals surface area contributed by atoms with Gasteiger partial charge in [0, 0.05) is 36.6 Å². The second-order valence-corrected chi connectivity index (χ2v) is 5.35. The first-order valence-electron chi connectivity index (χ1n) is 6.32. The van der Waals surface area contributed by atoms with E-state index in [0.29, 0.717) is 29.4 Å². The molecule has 1 aliphatic rings. The molecular weight excluding hydrogens is 280 g/mol. The summed E-state index contributed by atoms with van der Waals surface area (Å²) in [6, 6.07) is 3.50. The lowest BCUT2D eigenvalue weighted by Gasteiger charge is -2.39. The number of amides is 1. The molecule has 1 aliphatic heterocycles. The molecular formula is C14H17ClN2O3. The monoisotopic (exact) mass is 296 g/mol. The van der Waals surface area contributed by atoms with Gasteiger partial charge in [0.05, 0.1) is 13.5 Å². The molecule has 1 fully saturated rings. The summed E-state index contributed by atoms with van der Waals surface area (Å²) in [6.45, 7) is 2.84. The molecule has 1 aromatic carbocycles. The number of nitrogens with zero attached hydrogens (tertiary/aromatic N) is 1. The summed E-state index contributed by atoms with van der Waals surface area (Å²) in [5.74, 6) is -0.0880. The highest BCUT2D eigenvalue weighted by molar-refractivity contribution is 6.31. The highest BCUT2D eigenvalue weighted by Gasteiger charge is 2.31. The topological polar surface area (TPSA) is 72.6 Å². The molecule has 5 nitrogen and oxygen atoms in total.